The maximum absolute atomic E-state index is 5.71. The number of ether oxygens (including phenoxy) is 3. The van der Waals surface area contributed by atoms with E-state index in [2.05, 4.69) is 21.7 Å². The van der Waals surface area contributed by atoms with Crippen molar-refractivity contribution in [3.8, 4) is 17.2 Å². The largest absolute Gasteiger partial charge is 0.496 e. The third kappa shape index (κ3) is 2.86. The number of fused-ring (bicyclic) bond motifs is 1. The molecule has 4 rings (SSSR count). The highest BCUT2D eigenvalue weighted by molar-refractivity contribution is 5.51. The predicted octanol–water partition coefficient (Wildman–Crippen LogP) is 3.53. The summed E-state index contributed by atoms with van der Waals surface area (Å²) in [5, 5.41) is 0. The van der Waals surface area contributed by atoms with Gasteiger partial charge in [-0.15, -0.1) is 0 Å². The van der Waals surface area contributed by atoms with Crippen molar-refractivity contribution >= 4 is 0 Å². The van der Waals surface area contributed by atoms with Crippen molar-refractivity contribution in [2.45, 2.75) is 31.7 Å². The van der Waals surface area contributed by atoms with Crippen LogP contribution in [-0.4, -0.2) is 29.9 Å². The second-order valence-electron chi connectivity index (χ2n) is 6.20. The second kappa shape index (κ2) is 6.59. The molecule has 0 spiro atoms. The van der Waals surface area contributed by atoms with Gasteiger partial charge in [-0.05, 0) is 25.3 Å². The van der Waals surface area contributed by atoms with Gasteiger partial charge in [0.1, 0.15) is 24.8 Å². The molecule has 126 valence electrons. The third-order valence-electron chi connectivity index (χ3n) is 4.67. The van der Waals surface area contributed by atoms with E-state index >= 15 is 0 Å². The summed E-state index contributed by atoms with van der Waals surface area (Å²) in [6, 6.07) is 3.95. The number of hydrogen-bond donors (Lipinski definition) is 0. The molecular formula is C19H22N2O3. The van der Waals surface area contributed by atoms with Crippen LogP contribution in [0.2, 0.25) is 0 Å². The fourth-order valence-electron chi connectivity index (χ4n) is 3.45. The second-order valence-corrected chi connectivity index (χ2v) is 6.20. The van der Waals surface area contributed by atoms with Crippen molar-refractivity contribution in [1.29, 1.82) is 0 Å². The quantitative estimate of drug-likeness (QED) is 0.806. The van der Waals surface area contributed by atoms with Crippen LogP contribution >= 0.6 is 0 Å². The molecule has 0 N–H and O–H groups in total. The van der Waals surface area contributed by atoms with Crippen molar-refractivity contribution in [3.63, 3.8) is 0 Å². The van der Waals surface area contributed by atoms with E-state index in [0.717, 1.165) is 54.4 Å². The summed E-state index contributed by atoms with van der Waals surface area (Å²) in [7, 11) is 1.69. The Balaban J connectivity index is 1.64. The monoisotopic (exact) mass is 326 g/mol. The minimum atomic E-state index is 0.494. The van der Waals surface area contributed by atoms with Gasteiger partial charge in [0.15, 0.2) is 11.5 Å². The van der Waals surface area contributed by atoms with Crippen molar-refractivity contribution in [2.24, 2.45) is 0 Å². The van der Waals surface area contributed by atoms with E-state index in [4.69, 9.17) is 14.2 Å². The summed E-state index contributed by atoms with van der Waals surface area (Å²) in [6.07, 6.45) is 11.8. The van der Waals surface area contributed by atoms with Gasteiger partial charge >= 0.3 is 0 Å². The van der Waals surface area contributed by atoms with Gasteiger partial charge in [-0.25, -0.2) is 4.98 Å². The smallest absolute Gasteiger partial charge is 0.165 e. The van der Waals surface area contributed by atoms with Gasteiger partial charge in [0, 0.05) is 29.9 Å². The minimum absolute atomic E-state index is 0.494. The number of rotatable bonds is 4. The highest BCUT2D eigenvalue weighted by Crippen LogP contribution is 2.37. The fourth-order valence-corrected chi connectivity index (χ4v) is 3.45. The van der Waals surface area contributed by atoms with Gasteiger partial charge in [-0.3, -0.25) is 0 Å². The molecule has 0 fully saturated rings. The Kier molecular flexibility index (Phi) is 4.15. The molecule has 2 heterocycles. The number of nitrogens with zero attached hydrogens (tertiary/aromatic N) is 2. The zero-order valence-corrected chi connectivity index (χ0v) is 13.9. The van der Waals surface area contributed by atoms with E-state index in [9.17, 15) is 0 Å². The molecule has 0 amide bonds. The van der Waals surface area contributed by atoms with E-state index in [-0.39, 0.29) is 0 Å². The summed E-state index contributed by atoms with van der Waals surface area (Å²) in [4.78, 5) is 4.61. The van der Waals surface area contributed by atoms with E-state index in [1.165, 1.54) is 0 Å². The number of hydrogen-bond acceptors (Lipinski definition) is 4. The average Bonchev–Trinajstić information content (AvgIpc) is 3.10. The summed E-state index contributed by atoms with van der Waals surface area (Å²) in [5.41, 5.74) is 1.08. The molecule has 24 heavy (non-hydrogen) atoms. The molecule has 0 saturated carbocycles. The Morgan fingerprint density at radius 3 is 2.79 bits per heavy atom. The van der Waals surface area contributed by atoms with Crippen LogP contribution in [0, 0.1) is 0 Å². The molecule has 0 saturated heterocycles. The van der Waals surface area contributed by atoms with Crippen LogP contribution in [0.5, 0.6) is 17.2 Å². The van der Waals surface area contributed by atoms with Crippen LogP contribution in [0.1, 0.15) is 36.6 Å². The fraction of sp³-hybridized carbons (Fsp3) is 0.421. The Hall–Kier alpha value is -2.43. The third-order valence-corrected chi connectivity index (χ3v) is 4.67. The van der Waals surface area contributed by atoms with E-state index in [0.29, 0.717) is 19.1 Å². The summed E-state index contributed by atoms with van der Waals surface area (Å²) in [5.74, 6) is 4.01. The zero-order chi connectivity index (χ0) is 16.4. The van der Waals surface area contributed by atoms with Crippen LogP contribution < -0.4 is 14.2 Å². The van der Waals surface area contributed by atoms with Gasteiger partial charge < -0.3 is 18.8 Å². The average molecular weight is 326 g/mol. The lowest BCUT2D eigenvalue weighted by molar-refractivity contribution is 0.170. The number of imidazole rings is 1. The first-order valence-electron chi connectivity index (χ1n) is 8.47. The maximum atomic E-state index is 5.71. The van der Waals surface area contributed by atoms with Crippen LogP contribution in [0.15, 0.2) is 36.7 Å². The van der Waals surface area contributed by atoms with Crippen molar-refractivity contribution in [3.05, 3.63) is 48.1 Å². The minimum Gasteiger partial charge on any atom is -0.496 e. The maximum Gasteiger partial charge on any atom is 0.165 e. The molecule has 1 aliphatic carbocycles. The van der Waals surface area contributed by atoms with Crippen LogP contribution in [0.3, 0.4) is 0 Å². The van der Waals surface area contributed by atoms with Gasteiger partial charge in [0.25, 0.3) is 0 Å². The summed E-state index contributed by atoms with van der Waals surface area (Å²) < 4.78 is 19.1. The first-order chi connectivity index (χ1) is 11.8. The van der Waals surface area contributed by atoms with Crippen LogP contribution in [0.25, 0.3) is 0 Å². The van der Waals surface area contributed by atoms with Crippen molar-refractivity contribution in [1.82, 2.24) is 9.55 Å². The normalized spacial score (nSPS) is 19.3. The molecule has 5 heteroatoms. The highest BCUT2D eigenvalue weighted by Gasteiger charge is 2.20. The number of allylic oxidation sites excluding steroid dienone is 2. The number of benzene rings is 1. The molecule has 1 aromatic carbocycles. The topological polar surface area (TPSA) is 45.5 Å². The molecule has 1 aliphatic heterocycles. The molecule has 5 nitrogen and oxygen atoms in total. The summed E-state index contributed by atoms with van der Waals surface area (Å²) >= 11 is 0. The summed E-state index contributed by atoms with van der Waals surface area (Å²) in [6.45, 7) is 1.88. The molecule has 0 unspecified atom stereocenters. The van der Waals surface area contributed by atoms with Crippen LogP contribution in [0.4, 0.5) is 0 Å². The van der Waals surface area contributed by atoms with Crippen LogP contribution in [-0.2, 0) is 6.54 Å². The number of aromatic nitrogens is 2. The predicted molar refractivity (Wildman–Crippen MR) is 91.0 cm³/mol. The van der Waals surface area contributed by atoms with E-state index in [1.54, 1.807) is 7.11 Å². The Labute approximate surface area is 141 Å². The SMILES string of the molecule is COc1cc2c(cc1Cn1ccnc1[C@H]1CC=CCC1)OCCO2. The molecule has 1 aromatic heterocycles. The van der Waals surface area contributed by atoms with E-state index in [1.807, 2.05) is 24.5 Å². The highest BCUT2D eigenvalue weighted by atomic mass is 16.6. The molecule has 1 atom stereocenters. The molecule has 2 aliphatic rings. The van der Waals surface area contributed by atoms with Gasteiger partial charge in [0.2, 0.25) is 0 Å². The number of methoxy groups -OCH3 is 1. The molecule has 2 aromatic rings. The lowest BCUT2D eigenvalue weighted by Gasteiger charge is -2.22. The van der Waals surface area contributed by atoms with Gasteiger partial charge in [-0.2, -0.15) is 0 Å². The lowest BCUT2D eigenvalue weighted by Crippen LogP contribution is -2.16. The van der Waals surface area contributed by atoms with Gasteiger partial charge in [-0.1, -0.05) is 12.2 Å². The molecule has 0 radical (unpaired) electrons. The van der Waals surface area contributed by atoms with E-state index < -0.39 is 0 Å². The molecule has 0 bridgehead atoms. The van der Waals surface area contributed by atoms with Gasteiger partial charge in [0.05, 0.1) is 13.7 Å². The first kappa shape index (κ1) is 15.1. The first-order valence-corrected chi connectivity index (χ1v) is 8.47. The van der Waals surface area contributed by atoms with Crippen molar-refractivity contribution < 1.29 is 14.2 Å². The lowest BCUT2D eigenvalue weighted by atomic mass is 9.93. The zero-order valence-electron chi connectivity index (χ0n) is 13.9. The standard InChI is InChI=1S/C19H22N2O3/c1-22-16-12-18-17(23-9-10-24-18)11-15(16)13-21-8-7-20-19(21)14-5-3-2-4-6-14/h2-3,7-8,11-12,14H,4-6,9-10,13H2,1H3/t14-/m0/s1. The van der Waals surface area contributed by atoms with Crippen molar-refractivity contribution in [2.75, 3.05) is 20.3 Å². The Bertz CT molecular complexity index is 751. The molecular weight excluding hydrogens is 304 g/mol. The Morgan fingerprint density at radius 2 is 2.04 bits per heavy atom. The Morgan fingerprint density at radius 1 is 1.21 bits per heavy atom.